The van der Waals surface area contributed by atoms with Crippen LogP contribution in [0.1, 0.15) is 10.4 Å². The molecule has 0 saturated heterocycles. The maximum absolute atomic E-state index is 13.3. The van der Waals surface area contributed by atoms with Crippen molar-refractivity contribution in [3.05, 3.63) is 76.2 Å². The summed E-state index contributed by atoms with van der Waals surface area (Å²) in [6, 6.07) is 12.3. The van der Waals surface area contributed by atoms with Crippen LogP contribution >= 0.6 is 23.2 Å². The number of pyridine rings is 1. The highest BCUT2D eigenvalue weighted by atomic mass is 35.5. The van der Waals surface area contributed by atoms with E-state index in [9.17, 15) is 9.18 Å². The van der Waals surface area contributed by atoms with Gasteiger partial charge in [-0.2, -0.15) is 0 Å². The molecular formula is C19H14Cl2FN3O2. The number of aromatic nitrogens is 1. The van der Waals surface area contributed by atoms with E-state index in [1.165, 1.54) is 31.5 Å². The Hall–Kier alpha value is -2.83. The molecule has 0 spiro atoms. The SMILES string of the molecule is COc1ccc(Cl)cc1NC(=O)c1cccnc1Nc1ccc(F)c(Cl)c1. The topological polar surface area (TPSA) is 63.2 Å². The molecule has 0 radical (unpaired) electrons. The van der Waals surface area contributed by atoms with Gasteiger partial charge in [-0.3, -0.25) is 4.79 Å². The first-order valence-corrected chi connectivity index (χ1v) is 8.55. The van der Waals surface area contributed by atoms with Gasteiger partial charge >= 0.3 is 0 Å². The summed E-state index contributed by atoms with van der Waals surface area (Å²) < 4.78 is 18.6. The molecule has 138 valence electrons. The fourth-order valence-electron chi connectivity index (χ4n) is 2.37. The number of halogens is 3. The monoisotopic (exact) mass is 405 g/mol. The van der Waals surface area contributed by atoms with Gasteiger partial charge in [0.15, 0.2) is 0 Å². The van der Waals surface area contributed by atoms with Gasteiger partial charge in [0.2, 0.25) is 0 Å². The van der Waals surface area contributed by atoms with Crippen LogP contribution in [0.4, 0.5) is 21.6 Å². The molecule has 8 heteroatoms. The highest BCUT2D eigenvalue weighted by Crippen LogP contribution is 2.29. The first-order chi connectivity index (χ1) is 13.0. The number of carbonyl (C=O) groups excluding carboxylic acids is 1. The molecule has 0 aliphatic carbocycles. The average Bonchev–Trinajstić information content (AvgIpc) is 2.65. The fraction of sp³-hybridized carbons (Fsp3) is 0.0526. The van der Waals surface area contributed by atoms with E-state index in [4.69, 9.17) is 27.9 Å². The zero-order chi connectivity index (χ0) is 19.4. The molecule has 5 nitrogen and oxygen atoms in total. The molecular weight excluding hydrogens is 392 g/mol. The Balaban J connectivity index is 1.88. The van der Waals surface area contributed by atoms with Crippen LogP contribution in [-0.4, -0.2) is 18.0 Å². The van der Waals surface area contributed by atoms with Crippen molar-refractivity contribution in [1.82, 2.24) is 4.98 Å². The van der Waals surface area contributed by atoms with Gasteiger partial charge in [0.25, 0.3) is 5.91 Å². The Labute approximate surface area is 165 Å². The maximum Gasteiger partial charge on any atom is 0.259 e. The Kier molecular flexibility index (Phi) is 5.78. The van der Waals surface area contributed by atoms with E-state index < -0.39 is 11.7 Å². The van der Waals surface area contributed by atoms with E-state index in [1.807, 2.05) is 0 Å². The lowest BCUT2D eigenvalue weighted by Gasteiger charge is -2.13. The van der Waals surface area contributed by atoms with Gasteiger partial charge in [-0.15, -0.1) is 0 Å². The molecule has 3 rings (SSSR count). The van der Waals surface area contributed by atoms with E-state index in [2.05, 4.69) is 15.6 Å². The number of benzene rings is 2. The number of ether oxygens (including phenoxy) is 1. The molecule has 27 heavy (non-hydrogen) atoms. The van der Waals surface area contributed by atoms with Crippen LogP contribution in [0.25, 0.3) is 0 Å². The number of methoxy groups -OCH3 is 1. The average molecular weight is 406 g/mol. The van der Waals surface area contributed by atoms with Gasteiger partial charge in [0.1, 0.15) is 17.4 Å². The first kappa shape index (κ1) is 18.9. The number of hydrogen-bond acceptors (Lipinski definition) is 4. The molecule has 0 saturated carbocycles. The van der Waals surface area contributed by atoms with Crippen molar-refractivity contribution >= 4 is 46.3 Å². The molecule has 0 fully saturated rings. The number of carbonyl (C=O) groups is 1. The van der Waals surface area contributed by atoms with Crippen molar-refractivity contribution in [2.45, 2.75) is 0 Å². The zero-order valence-corrected chi connectivity index (χ0v) is 15.6. The number of nitrogens with one attached hydrogen (secondary N) is 2. The normalized spacial score (nSPS) is 10.4. The minimum Gasteiger partial charge on any atom is -0.495 e. The Morgan fingerprint density at radius 3 is 2.70 bits per heavy atom. The lowest BCUT2D eigenvalue weighted by Crippen LogP contribution is -2.15. The summed E-state index contributed by atoms with van der Waals surface area (Å²) in [6.07, 6.45) is 1.53. The Morgan fingerprint density at radius 1 is 1.15 bits per heavy atom. The Bertz CT molecular complexity index is 998. The third-order valence-electron chi connectivity index (χ3n) is 3.64. The molecule has 3 aromatic rings. The second-order valence-electron chi connectivity index (χ2n) is 5.45. The number of rotatable bonds is 5. The first-order valence-electron chi connectivity index (χ1n) is 7.80. The van der Waals surface area contributed by atoms with Gasteiger partial charge in [-0.05, 0) is 48.5 Å². The van der Waals surface area contributed by atoms with E-state index in [1.54, 1.807) is 30.3 Å². The summed E-state index contributed by atoms with van der Waals surface area (Å²) in [7, 11) is 1.49. The minimum absolute atomic E-state index is 0.0365. The predicted octanol–water partition coefficient (Wildman–Crippen LogP) is 5.53. The van der Waals surface area contributed by atoms with Crippen molar-refractivity contribution in [2.24, 2.45) is 0 Å². The van der Waals surface area contributed by atoms with E-state index >= 15 is 0 Å². The molecule has 1 amide bonds. The summed E-state index contributed by atoms with van der Waals surface area (Å²) in [5.74, 6) is -0.191. The molecule has 0 atom stereocenters. The summed E-state index contributed by atoms with van der Waals surface area (Å²) >= 11 is 11.8. The molecule has 0 bridgehead atoms. The van der Waals surface area contributed by atoms with Crippen molar-refractivity contribution in [2.75, 3.05) is 17.7 Å². The van der Waals surface area contributed by atoms with Gasteiger partial charge < -0.3 is 15.4 Å². The van der Waals surface area contributed by atoms with Crippen LogP contribution in [0.5, 0.6) is 5.75 Å². The van der Waals surface area contributed by atoms with Crippen LogP contribution in [0.15, 0.2) is 54.7 Å². The number of nitrogens with zero attached hydrogens (tertiary/aromatic N) is 1. The molecule has 1 heterocycles. The number of anilines is 3. The summed E-state index contributed by atoms with van der Waals surface area (Å²) in [5, 5.41) is 6.14. The standard InChI is InChI=1S/C19H14Cl2FN3O2/c1-27-17-7-4-11(20)9-16(17)25-19(26)13-3-2-8-23-18(13)24-12-5-6-15(22)14(21)10-12/h2-10H,1H3,(H,23,24)(H,25,26). The maximum atomic E-state index is 13.3. The molecule has 2 aromatic carbocycles. The molecule has 2 N–H and O–H groups in total. The minimum atomic E-state index is -0.533. The zero-order valence-electron chi connectivity index (χ0n) is 14.1. The largest absolute Gasteiger partial charge is 0.495 e. The fourth-order valence-corrected chi connectivity index (χ4v) is 2.72. The summed E-state index contributed by atoms with van der Waals surface area (Å²) in [5.41, 5.74) is 1.20. The van der Waals surface area contributed by atoms with Gasteiger partial charge in [-0.25, -0.2) is 9.37 Å². The third-order valence-corrected chi connectivity index (χ3v) is 4.17. The van der Waals surface area contributed by atoms with Gasteiger partial charge in [0, 0.05) is 16.9 Å². The Morgan fingerprint density at radius 2 is 1.96 bits per heavy atom. The van der Waals surface area contributed by atoms with Crippen LogP contribution in [0.3, 0.4) is 0 Å². The lowest BCUT2D eigenvalue weighted by molar-refractivity contribution is 0.102. The van der Waals surface area contributed by atoms with E-state index in [-0.39, 0.29) is 10.6 Å². The third kappa shape index (κ3) is 4.48. The highest BCUT2D eigenvalue weighted by Gasteiger charge is 2.15. The second kappa shape index (κ2) is 8.24. The summed E-state index contributed by atoms with van der Waals surface area (Å²) in [4.78, 5) is 16.9. The van der Waals surface area contributed by atoms with Crippen LogP contribution < -0.4 is 15.4 Å². The van der Waals surface area contributed by atoms with Gasteiger partial charge in [0.05, 0.1) is 23.4 Å². The number of hydrogen-bond donors (Lipinski definition) is 2. The summed E-state index contributed by atoms with van der Waals surface area (Å²) in [6.45, 7) is 0. The van der Waals surface area contributed by atoms with Crippen molar-refractivity contribution < 1.29 is 13.9 Å². The van der Waals surface area contributed by atoms with E-state index in [0.29, 0.717) is 28.0 Å². The molecule has 0 aliphatic rings. The second-order valence-corrected chi connectivity index (χ2v) is 6.30. The van der Waals surface area contributed by atoms with Crippen molar-refractivity contribution in [3.8, 4) is 5.75 Å². The van der Waals surface area contributed by atoms with Crippen molar-refractivity contribution in [1.29, 1.82) is 0 Å². The molecule has 0 aliphatic heterocycles. The molecule has 1 aromatic heterocycles. The van der Waals surface area contributed by atoms with Crippen LogP contribution in [0, 0.1) is 5.82 Å². The van der Waals surface area contributed by atoms with E-state index in [0.717, 1.165) is 0 Å². The molecule has 0 unspecified atom stereocenters. The van der Waals surface area contributed by atoms with Crippen LogP contribution in [-0.2, 0) is 0 Å². The quantitative estimate of drug-likeness (QED) is 0.585. The van der Waals surface area contributed by atoms with Crippen molar-refractivity contribution in [3.63, 3.8) is 0 Å². The number of amides is 1. The smallest absolute Gasteiger partial charge is 0.259 e. The lowest BCUT2D eigenvalue weighted by atomic mass is 10.2. The van der Waals surface area contributed by atoms with Gasteiger partial charge in [-0.1, -0.05) is 23.2 Å². The highest BCUT2D eigenvalue weighted by molar-refractivity contribution is 6.31. The predicted molar refractivity (Wildman–Crippen MR) is 105 cm³/mol. The van der Waals surface area contributed by atoms with Crippen LogP contribution in [0.2, 0.25) is 10.0 Å².